The van der Waals surface area contributed by atoms with E-state index in [0.717, 1.165) is 13.5 Å². The van der Waals surface area contributed by atoms with Gasteiger partial charge in [0.1, 0.15) is 0 Å². The van der Waals surface area contributed by atoms with Crippen LogP contribution in [0.15, 0.2) is 0 Å². The van der Waals surface area contributed by atoms with Crippen LogP contribution < -0.4 is 5.73 Å². The van der Waals surface area contributed by atoms with Crippen LogP contribution in [0.1, 0.15) is 123 Å². The molecule has 0 aliphatic heterocycles. The Kier molecular flexibility index (Phi) is 26.4. The van der Waals surface area contributed by atoms with Crippen molar-refractivity contribution in [3.05, 3.63) is 0 Å². The van der Waals surface area contributed by atoms with Crippen molar-refractivity contribution in [2.24, 2.45) is 5.73 Å². The fraction of sp³-hybridized carbons (Fsp3) is 0.952. The lowest BCUT2D eigenvalue weighted by Crippen LogP contribution is -1.97. The van der Waals surface area contributed by atoms with Gasteiger partial charge < -0.3 is 10.8 Å². The second kappa shape index (κ2) is 24.7. The van der Waals surface area contributed by atoms with E-state index in [1.165, 1.54) is 109 Å². The third-order valence-electron chi connectivity index (χ3n) is 4.31. The highest BCUT2D eigenvalue weighted by molar-refractivity contribution is 5.62. The smallest absolute Gasteiger partial charge is 0.300 e. The number of hydrogen-bond acceptors (Lipinski definition) is 2. The summed E-state index contributed by atoms with van der Waals surface area (Å²) in [5.74, 6) is -0.833. The Morgan fingerprint density at radius 1 is 0.625 bits per heavy atom. The second-order valence-electron chi connectivity index (χ2n) is 6.96. The molecule has 0 unspecified atom stereocenters. The minimum absolute atomic E-state index is 0.833. The topological polar surface area (TPSA) is 63.3 Å². The summed E-state index contributed by atoms with van der Waals surface area (Å²) in [6, 6.07) is 0. The molecule has 0 bridgehead atoms. The van der Waals surface area contributed by atoms with Gasteiger partial charge >= 0.3 is 0 Å². The summed E-state index contributed by atoms with van der Waals surface area (Å²) in [6.07, 6.45) is 24.3. The number of carboxylic acids is 1. The number of carbonyl (C=O) groups is 1. The molecule has 0 heterocycles. The van der Waals surface area contributed by atoms with E-state index in [9.17, 15) is 0 Å². The van der Waals surface area contributed by atoms with Gasteiger partial charge in [0.05, 0.1) is 0 Å². The lowest BCUT2D eigenvalue weighted by Gasteiger charge is -2.03. The fourth-order valence-corrected chi connectivity index (χ4v) is 2.87. The zero-order chi connectivity index (χ0) is 18.3. The number of rotatable bonds is 17. The molecule has 24 heavy (non-hydrogen) atoms. The first kappa shape index (κ1) is 25.7. The van der Waals surface area contributed by atoms with Gasteiger partial charge in [-0.25, -0.2) is 0 Å². The number of nitrogens with two attached hydrogens (primary N) is 1. The monoisotopic (exact) mass is 343 g/mol. The number of aliphatic carboxylic acids is 1. The average molecular weight is 344 g/mol. The van der Waals surface area contributed by atoms with Gasteiger partial charge in [0.2, 0.25) is 0 Å². The summed E-state index contributed by atoms with van der Waals surface area (Å²) in [6.45, 7) is 4.25. The van der Waals surface area contributed by atoms with Crippen LogP contribution in [0.25, 0.3) is 0 Å². The molecule has 0 amide bonds. The van der Waals surface area contributed by atoms with Crippen molar-refractivity contribution in [3.8, 4) is 0 Å². The highest BCUT2D eigenvalue weighted by Gasteiger charge is 1.94. The Morgan fingerprint density at radius 3 is 1.04 bits per heavy atom. The summed E-state index contributed by atoms with van der Waals surface area (Å²) in [7, 11) is 0. The molecule has 0 rings (SSSR count). The van der Waals surface area contributed by atoms with Crippen LogP contribution in [0.3, 0.4) is 0 Å². The zero-order valence-corrected chi connectivity index (χ0v) is 16.7. The van der Waals surface area contributed by atoms with Crippen molar-refractivity contribution < 1.29 is 9.90 Å². The van der Waals surface area contributed by atoms with Crippen LogP contribution in [-0.4, -0.2) is 17.6 Å². The summed E-state index contributed by atoms with van der Waals surface area (Å²) in [5, 5.41) is 7.42. The first-order valence-corrected chi connectivity index (χ1v) is 10.5. The van der Waals surface area contributed by atoms with Crippen LogP contribution in [0, 0.1) is 0 Å². The van der Waals surface area contributed by atoms with E-state index >= 15 is 0 Å². The molecule has 0 saturated carbocycles. The van der Waals surface area contributed by atoms with Crippen LogP contribution in [0.5, 0.6) is 0 Å². The van der Waals surface area contributed by atoms with Crippen LogP contribution in [0.4, 0.5) is 0 Å². The third-order valence-corrected chi connectivity index (χ3v) is 4.31. The lowest BCUT2D eigenvalue weighted by molar-refractivity contribution is -0.134. The van der Waals surface area contributed by atoms with Crippen LogP contribution in [0.2, 0.25) is 0 Å². The van der Waals surface area contributed by atoms with Gasteiger partial charge in [-0.1, -0.05) is 110 Å². The molecule has 3 N–H and O–H groups in total. The van der Waals surface area contributed by atoms with Gasteiger partial charge in [-0.05, 0) is 13.0 Å². The molecule has 0 radical (unpaired) electrons. The highest BCUT2D eigenvalue weighted by Crippen LogP contribution is 2.13. The Balaban J connectivity index is 0. The molecule has 146 valence electrons. The maximum atomic E-state index is 9.00. The molecule has 0 aromatic rings. The molecular formula is C21H45NO2. The average Bonchev–Trinajstić information content (AvgIpc) is 2.54. The summed E-state index contributed by atoms with van der Waals surface area (Å²) in [5.41, 5.74) is 5.49. The molecule has 0 aromatic carbocycles. The van der Waals surface area contributed by atoms with Crippen LogP contribution >= 0.6 is 0 Å². The second-order valence-corrected chi connectivity index (χ2v) is 6.96. The standard InChI is InChI=1S/C19H41N.C2H4O2/c1-2-3-4-5-6-7-8-9-10-11-12-13-14-15-16-17-18-19-20;1-2(3)4/h2-20H2,1H3;1H3,(H,3,4). The molecular weight excluding hydrogens is 298 g/mol. The van der Waals surface area contributed by atoms with E-state index in [4.69, 9.17) is 15.6 Å². The molecule has 0 aromatic heterocycles. The molecule has 0 atom stereocenters. The quantitative estimate of drug-likeness (QED) is 0.289. The molecule has 3 nitrogen and oxygen atoms in total. The molecule has 0 fully saturated rings. The number of unbranched alkanes of at least 4 members (excludes halogenated alkanes) is 16. The van der Waals surface area contributed by atoms with Gasteiger partial charge in [0.15, 0.2) is 0 Å². The maximum absolute atomic E-state index is 9.00. The maximum Gasteiger partial charge on any atom is 0.300 e. The summed E-state index contributed by atoms with van der Waals surface area (Å²) < 4.78 is 0. The Morgan fingerprint density at radius 2 is 0.833 bits per heavy atom. The van der Waals surface area contributed by atoms with Gasteiger partial charge in [-0.2, -0.15) is 0 Å². The van der Waals surface area contributed by atoms with Crippen molar-refractivity contribution >= 4 is 5.97 Å². The first-order valence-electron chi connectivity index (χ1n) is 10.5. The normalized spacial score (nSPS) is 10.3. The lowest BCUT2D eigenvalue weighted by atomic mass is 10.0. The molecule has 3 heteroatoms. The van der Waals surface area contributed by atoms with Crippen LogP contribution in [-0.2, 0) is 4.79 Å². The zero-order valence-electron chi connectivity index (χ0n) is 16.7. The van der Waals surface area contributed by atoms with Crippen molar-refractivity contribution in [3.63, 3.8) is 0 Å². The Labute approximate surface area is 151 Å². The Bertz CT molecular complexity index is 210. The predicted octanol–water partition coefficient (Wildman–Crippen LogP) is 6.69. The third kappa shape index (κ3) is 33.1. The van der Waals surface area contributed by atoms with Gasteiger partial charge in [-0.15, -0.1) is 0 Å². The Hall–Kier alpha value is -0.570. The largest absolute Gasteiger partial charge is 0.481 e. The minimum Gasteiger partial charge on any atom is -0.481 e. The molecule has 0 spiro atoms. The van der Waals surface area contributed by atoms with E-state index in [1.807, 2.05) is 0 Å². The minimum atomic E-state index is -0.833. The summed E-state index contributed by atoms with van der Waals surface area (Å²) in [4.78, 5) is 9.00. The molecule has 0 aliphatic rings. The SMILES string of the molecule is CC(=O)O.CCCCCCCCCCCCCCCCCCCN. The highest BCUT2D eigenvalue weighted by atomic mass is 16.4. The van der Waals surface area contributed by atoms with E-state index in [-0.39, 0.29) is 0 Å². The summed E-state index contributed by atoms with van der Waals surface area (Å²) >= 11 is 0. The molecule has 0 saturated heterocycles. The number of carboxylic acid groups (broad SMARTS) is 1. The number of hydrogen-bond donors (Lipinski definition) is 2. The van der Waals surface area contributed by atoms with Gasteiger partial charge in [-0.3, -0.25) is 4.79 Å². The van der Waals surface area contributed by atoms with E-state index in [1.54, 1.807) is 0 Å². The fourth-order valence-electron chi connectivity index (χ4n) is 2.87. The predicted molar refractivity (Wildman–Crippen MR) is 107 cm³/mol. The van der Waals surface area contributed by atoms with E-state index in [0.29, 0.717) is 0 Å². The van der Waals surface area contributed by atoms with Crippen molar-refractivity contribution in [1.82, 2.24) is 0 Å². The van der Waals surface area contributed by atoms with Crippen molar-refractivity contribution in [2.45, 2.75) is 123 Å². The van der Waals surface area contributed by atoms with E-state index in [2.05, 4.69) is 6.92 Å². The van der Waals surface area contributed by atoms with E-state index < -0.39 is 5.97 Å². The van der Waals surface area contributed by atoms with Gasteiger partial charge in [0, 0.05) is 6.92 Å². The van der Waals surface area contributed by atoms with Gasteiger partial charge in [0.25, 0.3) is 5.97 Å². The first-order chi connectivity index (χ1) is 11.6. The molecule has 0 aliphatic carbocycles. The van der Waals surface area contributed by atoms with Crippen molar-refractivity contribution in [2.75, 3.05) is 6.54 Å². The van der Waals surface area contributed by atoms with Crippen molar-refractivity contribution in [1.29, 1.82) is 0 Å².